The molecule has 20 heavy (non-hydrogen) atoms. The van der Waals surface area contributed by atoms with Crippen LogP contribution in [-0.4, -0.2) is 29.6 Å². The summed E-state index contributed by atoms with van der Waals surface area (Å²) >= 11 is 0. The van der Waals surface area contributed by atoms with Gasteiger partial charge in [0, 0.05) is 5.92 Å². The highest BCUT2D eigenvalue weighted by molar-refractivity contribution is 5.87. The fourth-order valence-electron chi connectivity index (χ4n) is 1.96. The predicted molar refractivity (Wildman–Crippen MR) is 72.7 cm³/mol. The Morgan fingerprint density at radius 3 is 2.55 bits per heavy atom. The second-order valence-corrected chi connectivity index (χ2v) is 4.87. The van der Waals surface area contributed by atoms with Crippen LogP contribution in [0.2, 0.25) is 0 Å². The van der Waals surface area contributed by atoms with Gasteiger partial charge in [0.1, 0.15) is 6.10 Å². The average molecular weight is 277 g/mol. The van der Waals surface area contributed by atoms with E-state index in [0.29, 0.717) is 5.56 Å². The molecule has 108 valence electrons. The van der Waals surface area contributed by atoms with Crippen molar-refractivity contribution in [2.24, 2.45) is 5.92 Å². The number of benzene rings is 1. The van der Waals surface area contributed by atoms with Crippen molar-refractivity contribution in [2.45, 2.75) is 31.9 Å². The Balaban J connectivity index is 2.11. The van der Waals surface area contributed by atoms with Crippen LogP contribution in [0, 0.1) is 5.92 Å². The molecule has 0 heterocycles. The monoisotopic (exact) mass is 277 g/mol. The molecule has 1 aromatic carbocycles. The van der Waals surface area contributed by atoms with E-state index in [4.69, 9.17) is 4.74 Å². The lowest BCUT2D eigenvalue weighted by molar-refractivity contribution is -0.151. The van der Waals surface area contributed by atoms with Gasteiger partial charge >= 0.3 is 5.97 Å². The number of hydrogen-bond acceptors (Lipinski definition) is 4. The van der Waals surface area contributed by atoms with E-state index in [1.165, 1.54) is 0 Å². The van der Waals surface area contributed by atoms with Crippen molar-refractivity contribution in [1.29, 1.82) is 0 Å². The molecule has 0 bridgehead atoms. The first-order valence-corrected chi connectivity index (χ1v) is 6.83. The SMILES string of the molecule is CCOC(=O)C(NC(=O)C1CC1)C(O)c1ccccc1. The van der Waals surface area contributed by atoms with Gasteiger partial charge in [0.15, 0.2) is 6.04 Å². The third kappa shape index (κ3) is 3.57. The zero-order valence-electron chi connectivity index (χ0n) is 11.4. The van der Waals surface area contributed by atoms with Crippen LogP contribution in [0.25, 0.3) is 0 Å². The zero-order valence-corrected chi connectivity index (χ0v) is 11.4. The minimum atomic E-state index is -1.11. The number of aliphatic hydroxyl groups is 1. The maximum absolute atomic E-state index is 11.9. The lowest BCUT2D eigenvalue weighted by Gasteiger charge is -2.22. The van der Waals surface area contributed by atoms with Gasteiger partial charge in [-0.2, -0.15) is 0 Å². The van der Waals surface area contributed by atoms with Crippen LogP contribution in [0.3, 0.4) is 0 Å². The number of nitrogens with one attached hydrogen (secondary N) is 1. The molecule has 1 amide bonds. The smallest absolute Gasteiger partial charge is 0.331 e. The zero-order chi connectivity index (χ0) is 14.5. The minimum absolute atomic E-state index is 0.0325. The van der Waals surface area contributed by atoms with E-state index in [9.17, 15) is 14.7 Å². The first kappa shape index (κ1) is 14.5. The van der Waals surface area contributed by atoms with E-state index in [2.05, 4.69) is 5.32 Å². The van der Waals surface area contributed by atoms with Crippen molar-refractivity contribution < 1.29 is 19.4 Å². The highest BCUT2D eigenvalue weighted by atomic mass is 16.5. The van der Waals surface area contributed by atoms with E-state index in [-0.39, 0.29) is 18.4 Å². The minimum Gasteiger partial charge on any atom is -0.464 e. The Bertz CT molecular complexity index is 470. The lowest BCUT2D eigenvalue weighted by Crippen LogP contribution is -2.46. The second kappa shape index (κ2) is 6.52. The van der Waals surface area contributed by atoms with Gasteiger partial charge in [-0.25, -0.2) is 4.79 Å². The van der Waals surface area contributed by atoms with Crippen molar-refractivity contribution >= 4 is 11.9 Å². The Hall–Kier alpha value is -1.88. The van der Waals surface area contributed by atoms with Crippen LogP contribution in [-0.2, 0) is 14.3 Å². The summed E-state index contributed by atoms with van der Waals surface area (Å²) in [6, 6.07) is 7.71. The quantitative estimate of drug-likeness (QED) is 0.766. The number of ether oxygens (including phenoxy) is 1. The van der Waals surface area contributed by atoms with Crippen molar-refractivity contribution in [2.75, 3.05) is 6.61 Å². The van der Waals surface area contributed by atoms with Crippen molar-refractivity contribution in [3.63, 3.8) is 0 Å². The van der Waals surface area contributed by atoms with Crippen LogP contribution in [0.4, 0.5) is 0 Å². The summed E-state index contributed by atoms with van der Waals surface area (Å²) in [7, 11) is 0. The molecule has 0 spiro atoms. The highest BCUT2D eigenvalue weighted by Crippen LogP contribution is 2.29. The highest BCUT2D eigenvalue weighted by Gasteiger charge is 2.36. The van der Waals surface area contributed by atoms with Crippen LogP contribution < -0.4 is 5.32 Å². The van der Waals surface area contributed by atoms with Crippen molar-refractivity contribution in [3.8, 4) is 0 Å². The van der Waals surface area contributed by atoms with Crippen LogP contribution in [0.5, 0.6) is 0 Å². The largest absolute Gasteiger partial charge is 0.464 e. The molecule has 2 atom stereocenters. The molecule has 1 aliphatic carbocycles. The molecule has 0 saturated heterocycles. The van der Waals surface area contributed by atoms with Crippen molar-refractivity contribution in [1.82, 2.24) is 5.32 Å². The Morgan fingerprint density at radius 2 is 2.00 bits per heavy atom. The summed E-state index contributed by atoms with van der Waals surface area (Å²) in [6.07, 6.45) is 0.559. The number of rotatable bonds is 6. The molecule has 1 saturated carbocycles. The average Bonchev–Trinajstić information content (AvgIpc) is 3.29. The molecule has 0 radical (unpaired) electrons. The van der Waals surface area contributed by atoms with Gasteiger partial charge in [-0.15, -0.1) is 0 Å². The number of esters is 1. The van der Waals surface area contributed by atoms with E-state index in [1.54, 1.807) is 31.2 Å². The molecule has 0 aromatic heterocycles. The summed E-state index contributed by atoms with van der Waals surface area (Å²) in [6.45, 7) is 1.89. The third-order valence-corrected chi connectivity index (χ3v) is 3.24. The van der Waals surface area contributed by atoms with E-state index in [0.717, 1.165) is 12.8 Å². The van der Waals surface area contributed by atoms with Gasteiger partial charge in [-0.3, -0.25) is 4.79 Å². The van der Waals surface area contributed by atoms with Crippen LogP contribution in [0.15, 0.2) is 30.3 Å². The summed E-state index contributed by atoms with van der Waals surface area (Å²) in [5, 5.41) is 12.9. The van der Waals surface area contributed by atoms with Gasteiger partial charge < -0.3 is 15.2 Å². The molecule has 5 heteroatoms. The summed E-state index contributed by atoms with van der Waals surface area (Å²) in [4.78, 5) is 23.8. The molecular formula is C15H19NO4. The maximum atomic E-state index is 11.9. The summed E-state index contributed by atoms with van der Waals surface area (Å²) in [5.74, 6) is -0.842. The second-order valence-electron chi connectivity index (χ2n) is 4.87. The van der Waals surface area contributed by atoms with Gasteiger partial charge in [0.2, 0.25) is 5.91 Å². The summed E-state index contributed by atoms with van der Waals surface area (Å²) < 4.78 is 4.93. The first-order valence-electron chi connectivity index (χ1n) is 6.83. The van der Waals surface area contributed by atoms with Crippen LogP contribution >= 0.6 is 0 Å². The van der Waals surface area contributed by atoms with Gasteiger partial charge in [-0.05, 0) is 25.3 Å². The fourth-order valence-corrected chi connectivity index (χ4v) is 1.96. The summed E-state index contributed by atoms with van der Waals surface area (Å²) in [5.41, 5.74) is 0.571. The molecule has 5 nitrogen and oxygen atoms in total. The fraction of sp³-hybridized carbons (Fsp3) is 0.467. The molecule has 1 fully saturated rings. The van der Waals surface area contributed by atoms with E-state index in [1.807, 2.05) is 6.07 Å². The number of hydrogen-bond donors (Lipinski definition) is 2. The number of carbonyl (C=O) groups is 2. The number of amides is 1. The molecule has 2 N–H and O–H groups in total. The molecule has 1 aliphatic rings. The first-order chi connectivity index (χ1) is 9.63. The molecule has 2 unspecified atom stereocenters. The number of aliphatic hydroxyl groups excluding tert-OH is 1. The van der Waals surface area contributed by atoms with Crippen molar-refractivity contribution in [3.05, 3.63) is 35.9 Å². The van der Waals surface area contributed by atoms with Gasteiger partial charge in [0.05, 0.1) is 6.61 Å². The molecule has 2 rings (SSSR count). The lowest BCUT2D eigenvalue weighted by atomic mass is 10.0. The van der Waals surface area contributed by atoms with Gasteiger partial charge in [-0.1, -0.05) is 30.3 Å². The Kier molecular flexibility index (Phi) is 4.74. The normalized spacial score (nSPS) is 17.1. The molecule has 1 aromatic rings. The molecular weight excluding hydrogens is 258 g/mol. The van der Waals surface area contributed by atoms with Crippen LogP contribution in [0.1, 0.15) is 31.4 Å². The standard InChI is InChI=1S/C15H19NO4/c1-2-20-15(19)12(16-14(18)11-8-9-11)13(17)10-6-4-3-5-7-10/h3-7,11-13,17H,2,8-9H2,1H3,(H,16,18). The Labute approximate surface area is 117 Å². The topological polar surface area (TPSA) is 75.6 Å². The van der Waals surface area contributed by atoms with Gasteiger partial charge in [0.25, 0.3) is 0 Å². The van der Waals surface area contributed by atoms with E-state index >= 15 is 0 Å². The number of carbonyl (C=O) groups excluding carboxylic acids is 2. The predicted octanol–water partition coefficient (Wildman–Crippen LogP) is 1.18. The Morgan fingerprint density at radius 1 is 1.35 bits per heavy atom. The van der Waals surface area contributed by atoms with E-state index < -0.39 is 18.1 Å². The molecule has 0 aliphatic heterocycles. The maximum Gasteiger partial charge on any atom is 0.331 e. The third-order valence-electron chi connectivity index (χ3n) is 3.24.